The number of hydrogen-bond acceptors (Lipinski definition) is 4. The molecule has 0 heterocycles. The zero-order valence-corrected chi connectivity index (χ0v) is 8.99. The van der Waals surface area contributed by atoms with Crippen molar-refractivity contribution < 1.29 is 9.90 Å². The van der Waals surface area contributed by atoms with Gasteiger partial charge in [0.1, 0.15) is 0 Å². The third kappa shape index (κ3) is 6.86. The number of nitrogens with one attached hydrogen (secondary N) is 1. The van der Waals surface area contributed by atoms with Crippen LogP contribution in [0, 0.1) is 0 Å². The summed E-state index contributed by atoms with van der Waals surface area (Å²) >= 11 is 1.49. The van der Waals surface area contributed by atoms with Gasteiger partial charge in [0.25, 0.3) is 0 Å². The van der Waals surface area contributed by atoms with E-state index in [1.807, 2.05) is 0 Å². The van der Waals surface area contributed by atoms with E-state index >= 15 is 0 Å². The van der Waals surface area contributed by atoms with Gasteiger partial charge in [-0.1, -0.05) is 0 Å². The minimum atomic E-state index is -0.527. The number of nitrogens with two attached hydrogens (primary N) is 1. The topological polar surface area (TPSA) is 75.3 Å². The maximum absolute atomic E-state index is 11.2. The normalized spacial score (nSPS) is 11.4. The molecule has 4 nitrogen and oxygen atoms in total. The predicted octanol–water partition coefficient (Wildman–Crippen LogP) is -0.435. The maximum atomic E-state index is 11.2. The molecule has 5 heteroatoms. The summed E-state index contributed by atoms with van der Waals surface area (Å²) in [5.74, 6) is 1.13. The molecular formula is C8H18N2O2S. The second kappa shape index (κ2) is 6.23. The molecule has 0 radical (unpaired) electrons. The Morgan fingerprint density at radius 2 is 2.23 bits per heavy atom. The van der Waals surface area contributed by atoms with Gasteiger partial charge in [-0.25, -0.2) is 0 Å². The van der Waals surface area contributed by atoms with Crippen molar-refractivity contribution >= 4 is 17.7 Å². The average molecular weight is 206 g/mol. The molecule has 1 amide bonds. The predicted molar refractivity (Wildman–Crippen MR) is 55.7 cm³/mol. The molecule has 0 aliphatic rings. The van der Waals surface area contributed by atoms with E-state index in [4.69, 9.17) is 10.8 Å². The summed E-state index contributed by atoms with van der Waals surface area (Å²) < 4.78 is 0. The van der Waals surface area contributed by atoms with Crippen LogP contribution in [0.3, 0.4) is 0 Å². The summed E-state index contributed by atoms with van der Waals surface area (Å²) in [4.78, 5) is 11.2. The molecular weight excluding hydrogens is 188 g/mol. The minimum Gasteiger partial charge on any atom is -0.394 e. The lowest BCUT2D eigenvalue weighted by molar-refractivity contribution is -0.120. The fraction of sp³-hybridized carbons (Fsp3) is 0.875. The van der Waals surface area contributed by atoms with Gasteiger partial charge in [-0.15, -0.1) is 0 Å². The molecule has 13 heavy (non-hydrogen) atoms. The Bertz CT molecular complexity index is 162. The molecule has 0 aliphatic heterocycles. The standard InChI is InChI=1S/C8H18N2O2S/c1-8(2,6-11)10-7(12)5-13-4-3-9/h11H,3-6,9H2,1-2H3,(H,10,12). The highest BCUT2D eigenvalue weighted by molar-refractivity contribution is 7.99. The highest BCUT2D eigenvalue weighted by atomic mass is 32.2. The Morgan fingerprint density at radius 3 is 2.69 bits per heavy atom. The largest absolute Gasteiger partial charge is 0.394 e. The number of aliphatic hydroxyl groups is 1. The van der Waals surface area contributed by atoms with Crippen LogP contribution in [0.15, 0.2) is 0 Å². The van der Waals surface area contributed by atoms with Crippen molar-refractivity contribution in [2.45, 2.75) is 19.4 Å². The number of carbonyl (C=O) groups excluding carboxylic acids is 1. The van der Waals surface area contributed by atoms with Gasteiger partial charge < -0.3 is 16.2 Å². The molecule has 0 saturated carbocycles. The number of thioether (sulfide) groups is 1. The molecule has 0 aromatic rings. The van der Waals surface area contributed by atoms with E-state index in [0.29, 0.717) is 12.3 Å². The quantitative estimate of drug-likeness (QED) is 0.515. The Kier molecular flexibility index (Phi) is 6.11. The summed E-state index contributed by atoms with van der Waals surface area (Å²) in [7, 11) is 0. The second-order valence-corrected chi connectivity index (χ2v) is 4.54. The molecule has 0 atom stereocenters. The fourth-order valence-corrected chi connectivity index (χ4v) is 1.27. The number of amides is 1. The Morgan fingerprint density at radius 1 is 1.62 bits per heavy atom. The van der Waals surface area contributed by atoms with Crippen molar-refractivity contribution in [1.82, 2.24) is 5.32 Å². The van der Waals surface area contributed by atoms with Crippen molar-refractivity contribution in [2.75, 3.05) is 24.7 Å². The van der Waals surface area contributed by atoms with Crippen LogP contribution < -0.4 is 11.1 Å². The van der Waals surface area contributed by atoms with Gasteiger partial charge in [0.05, 0.1) is 17.9 Å². The Labute approximate surface area is 83.3 Å². The van der Waals surface area contributed by atoms with Crippen LogP contribution in [-0.2, 0) is 4.79 Å². The second-order valence-electron chi connectivity index (χ2n) is 3.43. The summed E-state index contributed by atoms with van der Waals surface area (Å²) in [5.41, 5.74) is 4.75. The summed E-state index contributed by atoms with van der Waals surface area (Å²) in [6.45, 7) is 4.08. The molecule has 0 fully saturated rings. The third-order valence-corrected chi connectivity index (χ3v) is 2.36. The van der Waals surface area contributed by atoms with Crippen LogP contribution in [0.4, 0.5) is 0 Å². The molecule has 0 aromatic carbocycles. The molecule has 0 aromatic heterocycles. The van der Waals surface area contributed by atoms with E-state index in [1.54, 1.807) is 13.8 Å². The molecule has 0 bridgehead atoms. The molecule has 0 unspecified atom stereocenters. The number of rotatable bonds is 6. The van der Waals surface area contributed by atoms with Crippen LogP contribution in [0.5, 0.6) is 0 Å². The lowest BCUT2D eigenvalue weighted by atomic mass is 10.1. The smallest absolute Gasteiger partial charge is 0.230 e. The first-order valence-corrected chi connectivity index (χ1v) is 5.37. The fourth-order valence-electron chi connectivity index (χ4n) is 0.701. The van der Waals surface area contributed by atoms with E-state index in [-0.39, 0.29) is 12.5 Å². The van der Waals surface area contributed by atoms with Crippen LogP contribution in [-0.4, -0.2) is 41.2 Å². The van der Waals surface area contributed by atoms with Crippen molar-refractivity contribution in [3.63, 3.8) is 0 Å². The first-order valence-electron chi connectivity index (χ1n) is 4.21. The number of carbonyl (C=O) groups is 1. The highest BCUT2D eigenvalue weighted by Crippen LogP contribution is 2.02. The minimum absolute atomic E-state index is 0.0553. The van der Waals surface area contributed by atoms with E-state index in [9.17, 15) is 4.79 Å². The SMILES string of the molecule is CC(C)(CO)NC(=O)CSCCN. The molecule has 4 N–H and O–H groups in total. The zero-order valence-electron chi connectivity index (χ0n) is 8.17. The first kappa shape index (κ1) is 12.7. The van der Waals surface area contributed by atoms with Crippen molar-refractivity contribution in [1.29, 1.82) is 0 Å². The lowest BCUT2D eigenvalue weighted by Crippen LogP contribution is -2.47. The van der Waals surface area contributed by atoms with Gasteiger partial charge in [-0.2, -0.15) is 11.8 Å². The van der Waals surface area contributed by atoms with Gasteiger partial charge in [0.2, 0.25) is 5.91 Å². The van der Waals surface area contributed by atoms with Gasteiger partial charge >= 0.3 is 0 Å². The Balaban J connectivity index is 3.62. The van der Waals surface area contributed by atoms with E-state index in [1.165, 1.54) is 11.8 Å². The zero-order chi connectivity index (χ0) is 10.3. The number of aliphatic hydroxyl groups excluding tert-OH is 1. The lowest BCUT2D eigenvalue weighted by Gasteiger charge is -2.23. The first-order chi connectivity index (χ1) is 6.02. The maximum Gasteiger partial charge on any atom is 0.230 e. The van der Waals surface area contributed by atoms with Gasteiger partial charge in [0, 0.05) is 12.3 Å². The Hall–Kier alpha value is -0.260. The van der Waals surface area contributed by atoms with Gasteiger partial charge in [-0.05, 0) is 13.8 Å². The summed E-state index contributed by atoms with van der Waals surface area (Å²) in [6, 6.07) is 0. The third-order valence-electron chi connectivity index (χ3n) is 1.37. The summed E-state index contributed by atoms with van der Waals surface area (Å²) in [6.07, 6.45) is 0. The van der Waals surface area contributed by atoms with Crippen molar-refractivity contribution in [3.05, 3.63) is 0 Å². The van der Waals surface area contributed by atoms with Gasteiger partial charge in [0.15, 0.2) is 0 Å². The van der Waals surface area contributed by atoms with E-state index in [2.05, 4.69) is 5.32 Å². The van der Waals surface area contributed by atoms with Crippen LogP contribution >= 0.6 is 11.8 Å². The molecule has 0 aliphatic carbocycles. The van der Waals surface area contributed by atoms with Crippen LogP contribution in [0.1, 0.15) is 13.8 Å². The molecule has 0 spiro atoms. The van der Waals surface area contributed by atoms with Crippen molar-refractivity contribution in [2.24, 2.45) is 5.73 Å². The average Bonchev–Trinajstić information content (AvgIpc) is 2.04. The molecule has 0 rings (SSSR count). The monoisotopic (exact) mass is 206 g/mol. The molecule has 0 saturated heterocycles. The summed E-state index contributed by atoms with van der Waals surface area (Å²) in [5, 5.41) is 11.6. The van der Waals surface area contributed by atoms with Crippen molar-refractivity contribution in [3.8, 4) is 0 Å². The number of hydrogen-bond donors (Lipinski definition) is 3. The van der Waals surface area contributed by atoms with E-state index in [0.717, 1.165) is 5.75 Å². The van der Waals surface area contributed by atoms with Gasteiger partial charge in [-0.3, -0.25) is 4.79 Å². The molecule has 78 valence electrons. The highest BCUT2D eigenvalue weighted by Gasteiger charge is 2.18. The van der Waals surface area contributed by atoms with E-state index < -0.39 is 5.54 Å². The van der Waals surface area contributed by atoms with Crippen LogP contribution in [0.25, 0.3) is 0 Å². The van der Waals surface area contributed by atoms with Crippen LogP contribution in [0.2, 0.25) is 0 Å².